The van der Waals surface area contributed by atoms with E-state index in [1.54, 1.807) is 0 Å². The Kier molecular flexibility index (Phi) is 10.2. The van der Waals surface area contributed by atoms with Gasteiger partial charge in [-0.1, -0.05) is 0 Å². The molecule has 3 heterocycles. The zero-order chi connectivity index (χ0) is 19.1. The fourth-order valence-corrected chi connectivity index (χ4v) is 3.94. The van der Waals surface area contributed by atoms with Gasteiger partial charge < -0.3 is 24.6 Å². The van der Waals surface area contributed by atoms with Gasteiger partial charge in [-0.05, 0) is 26.7 Å². The van der Waals surface area contributed by atoms with Crippen LogP contribution in [0.25, 0.3) is 0 Å². The third-order valence-electron chi connectivity index (χ3n) is 5.60. The van der Waals surface area contributed by atoms with E-state index in [0.717, 1.165) is 64.6 Å². The first-order valence-electron chi connectivity index (χ1n) is 10.4. The predicted molar refractivity (Wildman–Crippen MR) is 120 cm³/mol. The Balaban J connectivity index is 0.00000280. The molecule has 0 bridgehead atoms. The normalized spacial score (nSPS) is 25.4. The number of carbonyl (C=O) groups is 1. The van der Waals surface area contributed by atoms with Crippen molar-refractivity contribution in [2.45, 2.75) is 38.8 Å². The summed E-state index contributed by atoms with van der Waals surface area (Å²) in [5.74, 6) is 1.22. The van der Waals surface area contributed by atoms with Crippen molar-refractivity contribution in [3.05, 3.63) is 0 Å². The monoisotopic (exact) mass is 509 g/mol. The molecule has 3 saturated heterocycles. The molecule has 2 atom stereocenters. The second kappa shape index (κ2) is 12.1. The summed E-state index contributed by atoms with van der Waals surface area (Å²) in [7, 11) is 0. The van der Waals surface area contributed by atoms with E-state index in [9.17, 15) is 4.79 Å². The van der Waals surface area contributed by atoms with Crippen molar-refractivity contribution in [3.8, 4) is 0 Å². The first-order chi connectivity index (χ1) is 13.2. The van der Waals surface area contributed by atoms with E-state index in [4.69, 9.17) is 14.5 Å². The lowest BCUT2D eigenvalue weighted by molar-refractivity contribution is -0.135. The van der Waals surface area contributed by atoms with Crippen molar-refractivity contribution >= 4 is 35.8 Å². The van der Waals surface area contributed by atoms with Gasteiger partial charge in [-0.2, -0.15) is 0 Å². The van der Waals surface area contributed by atoms with Crippen molar-refractivity contribution in [3.63, 3.8) is 0 Å². The molecule has 0 radical (unpaired) electrons. The third-order valence-corrected chi connectivity index (χ3v) is 5.60. The number of guanidine groups is 1. The molecule has 1 amide bonds. The molecule has 8 nitrogen and oxygen atoms in total. The Labute approximate surface area is 186 Å². The lowest BCUT2D eigenvalue weighted by Crippen LogP contribution is -2.57. The van der Waals surface area contributed by atoms with Gasteiger partial charge in [0.15, 0.2) is 5.96 Å². The molecular formula is C19H36IN5O3. The van der Waals surface area contributed by atoms with Crippen LogP contribution in [0.2, 0.25) is 0 Å². The van der Waals surface area contributed by atoms with Crippen LogP contribution < -0.4 is 5.32 Å². The smallest absolute Gasteiger partial charge is 0.239 e. The maximum Gasteiger partial charge on any atom is 0.239 e. The zero-order valence-corrected chi connectivity index (χ0v) is 19.6. The summed E-state index contributed by atoms with van der Waals surface area (Å²) in [5, 5.41) is 3.39. The number of halogens is 1. The van der Waals surface area contributed by atoms with Crippen LogP contribution in [0.3, 0.4) is 0 Å². The maximum absolute atomic E-state index is 12.6. The molecule has 9 heteroatoms. The van der Waals surface area contributed by atoms with E-state index in [2.05, 4.69) is 29.0 Å². The minimum Gasteiger partial charge on any atom is -0.376 e. The number of nitrogens with one attached hydrogen (secondary N) is 1. The van der Waals surface area contributed by atoms with E-state index in [1.807, 2.05) is 4.90 Å². The molecule has 0 aromatic heterocycles. The van der Waals surface area contributed by atoms with E-state index >= 15 is 0 Å². The molecule has 0 spiro atoms. The molecule has 3 rings (SSSR count). The minimum absolute atomic E-state index is 0. The Morgan fingerprint density at radius 3 is 2.43 bits per heavy atom. The van der Waals surface area contributed by atoms with Gasteiger partial charge in [0.05, 0.1) is 32.4 Å². The van der Waals surface area contributed by atoms with E-state index in [1.165, 1.54) is 0 Å². The van der Waals surface area contributed by atoms with Crippen molar-refractivity contribution in [2.24, 2.45) is 4.99 Å². The van der Waals surface area contributed by atoms with Crippen LogP contribution >= 0.6 is 24.0 Å². The van der Waals surface area contributed by atoms with Gasteiger partial charge in [0.1, 0.15) is 6.10 Å². The fraction of sp³-hybridized carbons (Fsp3) is 0.895. The van der Waals surface area contributed by atoms with Gasteiger partial charge in [0.25, 0.3) is 0 Å². The number of amides is 1. The number of aliphatic imine (C=N–C) groups is 1. The molecule has 3 aliphatic heterocycles. The van der Waals surface area contributed by atoms with Gasteiger partial charge in [-0.3, -0.25) is 14.7 Å². The first kappa shape index (κ1) is 23.6. The SMILES string of the molecule is CCNC(=NCC1COCCO1)N1CCN(C(C)C(=O)N2CCCC2)CC1.I. The fourth-order valence-electron chi connectivity index (χ4n) is 3.94. The van der Waals surface area contributed by atoms with Gasteiger partial charge in [-0.15, -0.1) is 24.0 Å². The topological polar surface area (TPSA) is 69.6 Å². The van der Waals surface area contributed by atoms with Crippen molar-refractivity contribution < 1.29 is 14.3 Å². The van der Waals surface area contributed by atoms with Gasteiger partial charge in [-0.25, -0.2) is 0 Å². The molecule has 2 unspecified atom stereocenters. The van der Waals surface area contributed by atoms with Crippen LogP contribution in [0.4, 0.5) is 0 Å². The van der Waals surface area contributed by atoms with Crippen molar-refractivity contribution in [1.82, 2.24) is 20.0 Å². The highest BCUT2D eigenvalue weighted by Gasteiger charge is 2.30. The number of rotatable bonds is 5. The lowest BCUT2D eigenvalue weighted by atomic mass is 10.2. The summed E-state index contributed by atoms with van der Waals surface area (Å²) in [6.45, 7) is 12.9. The Morgan fingerprint density at radius 1 is 1.11 bits per heavy atom. The minimum atomic E-state index is -0.0300. The average Bonchev–Trinajstić information content (AvgIpc) is 3.26. The molecule has 3 aliphatic rings. The standard InChI is InChI=1S/C19H35N5O3.HI/c1-3-20-19(21-14-17-15-26-12-13-27-17)24-10-8-22(9-11-24)16(2)18(25)23-6-4-5-7-23;/h16-17H,3-15H2,1-2H3,(H,20,21);1H. The van der Waals surface area contributed by atoms with Crippen molar-refractivity contribution in [2.75, 3.05) is 72.2 Å². The molecule has 0 aliphatic carbocycles. The van der Waals surface area contributed by atoms with Crippen LogP contribution in [-0.4, -0.2) is 111 Å². The molecule has 162 valence electrons. The molecule has 0 aromatic carbocycles. The number of hydrogen-bond acceptors (Lipinski definition) is 5. The predicted octanol–water partition coefficient (Wildman–Crippen LogP) is 0.614. The Hall–Kier alpha value is -0.650. The van der Waals surface area contributed by atoms with Gasteiger partial charge in [0.2, 0.25) is 5.91 Å². The number of piperazine rings is 1. The zero-order valence-electron chi connectivity index (χ0n) is 17.3. The van der Waals surface area contributed by atoms with Gasteiger partial charge >= 0.3 is 0 Å². The molecule has 3 fully saturated rings. The summed E-state index contributed by atoms with van der Waals surface area (Å²) in [5.41, 5.74) is 0. The van der Waals surface area contributed by atoms with Crippen molar-refractivity contribution in [1.29, 1.82) is 0 Å². The number of carbonyl (C=O) groups excluding carboxylic acids is 1. The van der Waals surface area contributed by atoms with Crippen LogP contribution in [0.15, 0.2) is 4.99 Å². The summed E-state index contributed by atoms with van der Waals surface area (Å²) < 4.78 is 11.1. The molecule has 0 saturated carbocycles. The first-order valence-corrected chi connectivity index (χ1v) is 10.4. The summed E-state index contributed by atoms with van der Waals surface area (Å²) in [4.78, 5) is 24.0. The number of nitrogens with zero attached hydrogens (tertiary/aromatic N) is 4. The second-order valence-electron chi connectivity index (χ2n) is 7.49. The lowest BCUT2D eigenvalue weighted by Gasteiger charge is -2.39. The quantitative estimate of drug-likeness (QED) is 0.333. The number of likely N-dealkylation sites (tertiary alicyclic amines) is 1. The third kappa shape index (κ3) is 6.43. The molecular weight excluding hydrogens is 473 g/mol. The van der Waals surface area contributed by atoms with E-state index < -0.39 is 0 Å². The molecule has 28 heavy (non-hydrogen) atoms. The van der Waals surface area contributed by atoms with Gasteiger partial charge in [0, 0.05) is 45.8 Å². The Morgan fingerprint density at radius 2 is 1.82 bits per heavy atom. The molecule has 1 N–H and O–H groups in total. The highest BCUT2D eigenvalue weighted by atomic mass is 127. The van der Waals surface area contributed by atoms with Crippen LogP contribution in [0.5, 0.6) is 0 Å². The van der Waals surface area contributed by atoms with E-state index in [0.29, 0.717) is 26.4 Å². The number of hydrogen-bond donors (Lipinski definition) is 1. The van der Waals surface area contributed by atoms with Crippen LogP contribution in [-0.2, 0) is 14.3 Å². The highest BCUT2D eigenvalue weighted by Crippen LogP contribution is 2.14. The molecule has 0 aromatic rings. The summed E-state index contributed by atoms with van der Waals surface area (Å²) in [6, 6.07) is -0.0300. The Bertz CT molecular complexity index is 502. The second-order valence-corrected chi connectivity index (χ2v) is 7.49. The maximum atomic E-state index is 12.6. The number of ether oxygens (including phenoxy) is 2. The largest absolute Gasteiger partial charge is 0.376 e. The average molecular weight is 509 g/mol. The summed E-state index contributed by atoms with van der Waals surface area (Å²) >= 11 is 0. The van der Waals surface area contributed by atoms with Crippen LogP contribution in [0.1, 0.15) is 26.7 Å². The summed E-state index contributed by atoms with van der Waals surface area (Å²) in [6.07, 6.45) is 2.33. The van der Waals surface area contributed by atoms with E-state index in [-0.39, 0.29) is 42.0 Å². The highest BCUT2D eigenvalue weighted by molar-refractivity contribution is 14.0. The van der Waals surface area contributed by atoms with Crippen LogP contribution in [0, 0.1) is 0 Å².